The molecule has 3 rings (SSSR count). The molecule has 2 N–H and O–H groups in total. The Hall–Kier alpha value is -2.55. The number of hydrogen-bond donors (Lipinski definition) is 2. The van der Waals surface area contributed by atoms with E-state index >= 15 is 0 Å². The number of nitrogens with zero attached hydrogens (tertiary/aromatic N) is 1. The number of nitrogens with one attached hydrogen (secondary N) is 2. The van der Waals surface area contributed by atoms with Gasteiger partial charge >= 0.3 is 0 Å². The number of amides is 1. The smallest absolute Gasteiger partial charge is 0.226 e. The largest absolute Gasteiger partial charge is 0.352 e. The zero-order valence-corrected chi connectivity index (χ0v) is 19.5. The summed E-state index contributed by atoms with van der Waals surface area (Å²) in [7, 11) is -3.35. The van der Waals surface area contributed by atoms with E-state index in [0.29, 0.717) is 12.1 Å². The topological polar surface area (TPSA) is 88.2 Å². The summed E-state index contributed by atoms with van der Waals surface area (Å²) in [5.41, 5.74) is 4.59. The SMILES string of the molecule is Cc1cccc(-c2nc(CC(=O)NCc3ccc(CS(=O)(=O)NC(C)C)cc3)cs2)c1. The highest BCUT2D eigenvalue weighted by atomic mass is 32.2. The van der Waals surface area contributed by atoms with Crippen LogP contribution in [0.25, 0.3) is 10.6 Å². The van der Waals surface area contributed by atoms with Gasteiger partial charge in [0, 0.05) is 23.5 Å². The van der Waals surface area contributed by atoms with Crippen molar-refractivity contribution in [3.63, 3.8) is 0 Å². The monoisotopic (exact) mass is 457 g/mol. The van der Waals surface area contributed by atoms with Gasteiger partial charge in [-0.15, -0.1) is 11.3 Å². The Morgan fingerprint density at radius 3 is 2.48 bits per heavy atom. The van der Waals surface area contributed by atoms with Gasteiger partial charge in [-0.2, -0.15) is 0 Å². The van der Waals surface area contributed by atoms with Gasteiger partial charge in [-0.3, -0.25) is 4.79 Å². The molecule has 0 spiro atoms. The van der Waals surface area contributed by atoms with Gasteiger partial charge in [0.2, 0.25) is 15.9 Å². The molecule has 0 fully saturated rings. The number of hydrogen-bond acceptors (Lipinski definition) is 5. The van der Waals surface area contributed by atoms with Crippen LogP contribution >= 0.6 is 11.3 Å². The summed E-state index contributed by atoms with van der Waals surface area (Å²) in [4.78, 5) is 16.9. The van der Waals surface area contributed by atoms with E-state index in [1.54, 1.807) is 26.0 Å². The van der Waals surface area contributed by atoms with Gasteiger partial charge in [0.15, 0.2) is 0 Å². The van der Waals surface area contributed by atoms with Crippen molar-refractivity contribution in [2.24, 2.45) is 0 Å². The highest BCUT2D eigenvalue weighted by molar-refractivity contribution is 7.88. The van der Waals surface area contributed by atoms with Crippen molar-refractivity contribution in [1.29, 1.82) is 0 Å². The number of benzene rings is 2. The van der Waals surface area contributed by atoms with Crippen LogP contribution in [0.1, 0.15) is 36.2 Å². The number of carbonyl (C=O) groups excluding carboxylic acids is 1. The van der Waals surface area contributed by atoms with Gasteiger partial charge in [-0.1, -0.05) is 48.0 Å². The highest BCUT2D eigenvalue weighted by Gasteiger charge is 2.13. The molecule has 8 heteroatoms. The van der Waals surface area contributed by atoms with E-state index < -0.39 is 10.0 Å². The highest BCUT2D eigenvalue weighted by Crippen LogP contribution is 2.24. The Morgan fingerprint density at radius 2 is 1.81 bits per heavy atom. The third-order valence-corrected chi connectivity index (χ3v) is 6.93. The van der Waals surface area contributed by atoms with Gasteiger partial charge in [0.05, 0.1) is 17.9 Å². The van der Waals surface area contributed by atoms with Crippen molar-refractivity contribution < 1.29 is 13.2 Å². The predicted molar refractivity (Wildman–Crippen MR) is 125 cm³/mol. The van der Waals surface area contributed by atoms with Gasteiger partial charge in [0.1, 0.15) is 5.01 Å². The molecule has 0 aliphatic carbocycles. The van der Waals surface area contributed by atoms with Crippen molar-refractivity contribution in [3.8, 4) is 10.6 Å². The number of rotatable bonds is 9. The maximum Gasteiger partial charge on any atom is 0.226 e. The summed E-state index contributed by atoms with van der Waals surface area (Å²) in [6.07, 6.45) is 0.222. The Kier molecular flexibility index (Phi) is 7.59. The van der Waals surface area contributed by atoms with Crippen molar-refractivity contribution >= 4 is 27.3 Å². The van der Waals surface area contributed by atoms with Crippen molar-refractivity contribution in [3.05, 3.63) is 76.3 Å². The molecule has 0 aliphatic rings. The summed E-state index contributed by atoms with van der Waals surface area (Å²) in [6.45, 7) is 6.00. The molecular formula is C23H27N3O3S2. The average molecular weight is 458 g/mol. The van der Waals surface area contributed by atoms with Crippen LogP contribution in [0, 0.1) is 6.92 Å². The van der Waals surface area contributed by atoms with E-state index in [1.165, 1.54) is 16.9 Å². The van der Waals surface area contributed by atoms with Crippen LogP contribution in [-0.2, 0) is 33.5 Å². The fourth-order valence-corrected chi connectivity index (χ4v) is 5.35. The minimum Gasteiger partial charge on any atom is -0.352 e. The van der Waals surface area contributed by atoms with E-state index in [0.717, 1.165) is 21.8 Å². The second kappa shape index (κ2) is 10.2. The summed E-state index contributed by atoms with van der Waals surface area (Å²) in [5, 5.41) is 5.72. The Balaban J connectivity index is 1.51. The molecule has 0 aliphatic heterocycles. The average Bonchev–Trinajstić information content (AvgIpc) is 3.14. The van der Waals surface area contributed by atoms with Crippen molar-refractivity contribution in [2.45, 2.75) is 45.5 Å². The molecule has 1 aromatic heterocycles. The van der Waals surface area contributed by atoms with Crippen LogP contribution < -0.4 is 10.0 Å². The fraction of sp³-hybridized carbons (Fsp3) is 0.304. The van der Waals surface area contributed by atoms with Crippen LogP contribution in [0.5, 0.6) is 0 Å². The molecule has 0 saturated carbocycles. The predicted octanol–water partition coefficient (Wildman–Crippen LogP) is 3.81. The number of sulfonamides is 1. The lowest BCUT2D eigenvalue weighted by molar-refractivity contribution is -0.120. The van der Waals surface area contributed by atoms with Crippen LogP contribution in [0.4, 0.5) is 0 Å². The summed E-state index contributed by atoms with van der Waals surface area (Å²) >= 11 is 1.53. The Morgan fingerprint density at radius 1 is 1.10 bits per heavy atom. The number of thiazole rings is 1. The normalized spacial score (nSPS) is 11.6. The zero-order valence-electron chi connectivity index (χ0n) is 17.9. The third-order valence-electron chi connectivity index (χ3n) is 4.44. The molecule has 0 bridgehead atoms. The molecule has 0 radical (unpaired) electrons. The second-order valence-electron chi connectivity index (χ2n) is 7.82. The molecule has 1 heterocycles. The first-order chi connectivity index (χ1) is 14.7. The molecule has 0 unspecified atom stereocenters. The minimum absolute atomic E-state index is 0.0646. The Bertz CT molecular complexity index is 1140. The molecule has 0 saturated heterocycles. The lowest BCUT2D eigenvalue weighted by atomic mass is 10.1. The molecular weight excluding hydrogens is 430 g/mol. The molecule has 31 heavy (non-hydrogen) atoms. The minimum atomic E-state index is -3.35. The maximum absolute atomic E-state index is 12.3. The summed E-state index contributed by atoms with van der Waals surface area (Å²) < 4.78 is 26.6. The van der Waals surface area contributed by atoms with Crippen LogP contribution in [-0.4, -0.2) is 25.4 Å². The van der Waals surface area contributed by atoms with E-state index in [-0.39, 0.29) is 24.1 Å². The first-order valence-electron chi connectivity index (χ1n) is 10.1. The lowest BCUT2D eigenvalue weighted by Crippen LogP contribution is -2.31. The molecule has 1 amide bonds. The summed E-state index contributed by atoms with van der Waals surface area (Å²) in [5.74, 6) is -0.167. The molecule has 2 aromatic carbocycles. The standard InChI is InChI=1S/C23H27N3O3S2/c1-16(2)26-31(28,29)15-19-9-7-18(8-10-19)13-24-22(27)12-21-14-30-23(25-21)20-6-4-5-17(3)11-20/h4-11,14,16,26H,12-13,15H2,1-3H3,(H,24,27). The first-order valence-corrected chi connectivity index (χ1v) is 12.6. The van der Waals surface area contributed by atoms with Gasteiger partial charge in [-0.25, -0.2) is 18.1 Å². The maximum atomic E-state index is 12.3. The van der Waals surface area contributed by atoms with Crippen LogP contribution in [0.2, 0.25) is 0 Å². The first kappa shape index (κ1) is 23.1. The number of aryl methyl sites for hydroxylation is 1. The van der Waals surface area contributed by atoms with E-state index in [9.17, 15) is 13.2 Å². The van der Waals surface area contributed by atoms with Crippen LogP contribution in [0.3, 0.4) is 0 Å². The van der Waals surface area contributed by atoms with E-state index in [4.69, 9.17) is 0 Å². The lowest BCUT2D eigenvalue weighted by Gasteiger charge is -2.10. The van der Waals surface area contributed by atoms with Gasteiger partial charge in [-0.05, 0) is 38.0 Å². The van der Waals surface area contributed by atoms with Crippen molar-refractivity contribution in [2.75, 3.05) is 0 Å². The number of aromatic nitrogens is 1. The molecule has 6 nitrogen and oxygen atoms in total. The van der Waals surface area contributed by atoms with Gasteiger partial charge < -0.3 is 5.32 Å². The molecule has 0 atom stereocenters. The van der Waals surface area contributed by atoms with Crippen LogP contribution in [0.15, 0.2) is 53.9 Å². The third kappa shape index (κ3) is 7.27. The second-order valence-corrected chi connectivity index (χ2v) is 10.4. The quantitative estimate of drug-likeness (QED) is 0.512. The fourth-order valence-electron chi connectivity index (χ4n) is 3.10. The summed E-state index contributed by atoms with van der Waals surface area (Å²) in [6, 6.07) is 15.2. The van der Waals surface area contributed by atoms with E-state index in [1.807, 2.05) is 42.6 Å². The zero-order chi connectivity index (χ0) is 22.4. The van der Waals surface area contributed by atoms with E-state index in [2.05, 4.69) is 21.1 Å². The molecule has 164 valence electrons. The van der Waals surface area contributed by atoms with Crippen molar-refractivity contribution in [1.82, 2.24) is 15.0 Å². The molecule has 3 aromatic rings. The number of carbonyl (C=O) groups is 1. The van der Waals surface area contributed by atoms with Gasteiger partial charge in [0.25, 0.3) is 0 Å². The Labute approximate surface area is 187 Å².